The third-order valence-corrected chi connectivity index (χ3v) is 2.69. The fourth-order valence-corrected chi connectivity index (χ4v) is 1.49. The van der Waals surface area contributed by atoms with Gasteiger partial charge in [0.25, 0.3) is 0 Å². The monoisotopic (exact) mass is 305 g/mol. The van der Waals surface area contributed by atoms with Gasteiger partial charge in [0, 0.05) is 6.54 Å². The maximum absolute atomic E-state index is 13.4. The second-order valence-electron chi connectivity index (χ2n) is 3.51. The van der Waals surface area contributed by atoms with Crippen LogP contribution in [-0.4, -0.2) is 23.6 Å². The zero-order valence-electron chi connectivity index (χ0n) is 8.86. The number of aliphatic hydroxyl groups excluding tert-OH is 1. The molecule has 0 fully saturated rings. The van der Waals surface area contributed by atoms with E-state index < -0.39 is 34.4 Å². The molecule has 8 heteroatoms. The normalized spacial score (nSPS) is 13.5. The molecule has 0 aromatic heterocycles. The molecule has 0 amide bonds. The SMILES string of the molecule is OC(CCl)CNc1cc(C(F)(F)F)cc(Cl)c1F. The van der Waals surface area contributed by atoms with Gasteiger partial charge in [-0.1, -0.05) is 11.6 Å². The number of hydrogen-bond acceptors (Lipinski definition) is 2. The summed E-state index contributed by atoms with van der Waals surface area (Å²) in [5, 5.41) is 10.8. The van der Waals surface area contributed by atoms with Crippen molar-refractivity contribution in [2.24, 2.45) is 0 Å². The Morgan fingerprint density at radius 2 is 1.94 bits per heavy atom. The van der Waals surface area contributed by atoms with Crippen LogP contribution in [0.4, 0.5) is 23.2 Å². The molecule has 0 aliphatic rings. The molecule has 0 aliphatic carbocycles. The quantitative estimate of drug-likeness (QED) is 0.659. The van der Waals surface area contributed by atoms with Gasteiger partial charge in [-0.2, -0.15) is 13.2 Å². The van der Waals surface area contributed by atoms with E-state index in [9.17, 15) is 17.6 Å². The fourth-order valence-electron chi connectivity index (χ4n) is 1.16. The second-order valence-corrected chi connectivity index (χ2v) is 4.22. The minimum absolute atomic E-state index is 0.124. The Hall–Kier alpha value is -0.720. The summed E-state index contributed by atoms with van der Waals surface area (Å²) in [6.07, 6.45) is -5.63. The first-order valence-electron chi connectivity index (χ1n) is 4.80. The Morgan fingerprint density at radius 3 is 2.44 bits per heavy atom. The van der Waals surface area contributed by atoms with Crippen molar-refractivity contribution in [2.45, 2.75) is 12.3 Å². The van der Waals surface area contributed by atoms with Crippen LogP contribution in [0.3, 0.4) is 0 Å². The lowest BCUT2D eigenvalue weighted by molar-refractivity contribution is -0.137. The molecule has 1 aromatic carbocycles. The molecule has 0 bridgehead atoms. The van der Waals surface area contributed by atoms with Crippen molar-refractivity contribution in [1.29, 1.82) is 0 Å². The smallest absolute Gasteiger partial charge is 0.390 e. The highest BCUT2D eigenvalue weighted by molar-refractivity contribution is 6.31. The zero-order chi connectivity index (χ0) is 13.9. The van der Waals surface area contributed by atoms with E-state index in [4.69, 9.17) is 28.3 Å². The molecular formula is C10H9Cl2F4NO. The average Bonchev–Trinajstić information content (AvgIpc) is 2.28. The van der Waals surface area contributed by atoms with E-state index in [1.165, 1.54) is 0 Å². The first kappa shape index (κ1) is 15.3. The van der Waals surface area contributed by atoms with Crippen molar-refractivity contribution >= 4 is 28.9 Å². The second kappa shape index (κ2) is 5.95. The Labute approximate surface area is 111 Å². The van der Waals surface area contributed by atoms with Gasteiger partial charge in [-0.15, -0.1) is 11.6 Å². The number of hydrogen-bond donors (Lipinski definition) is 2. The van der Waals surface area contributed by atoms with Gasteiger partial charge in [0.1, 0.15) is 0 Å². The third-order valence-electron chi connectivity index (χ3n) is 2.06. The molecule has 0 heterocycles. The predicted octanol–water partition coefficient (Wildman–Crippen LogP) is 3.51. The molecule has 102 valence electrons. The van der Waals surface area contributed by atoms with E-state index >= 15 is 0 Å². The van der Waals surface area contributed by atoms with Crippen LogP contribution >= 0.6 is 23.2 Å². The maximum Gasteiger partial charge on any atom is 0.416 e. The van der Waals surface area contributed by atoms with E-state index in [-0.39, 0.29) is 12.4 Å². The van der Waals surface area contributed by atoms with Crippen LogP contribution in [0.1, 0.15) is 5.56 Å². The van der Waals surface area contributed by atoms with Crippen molar-refractivity contribution in [1.82, 2.24) is 0 Å². The Bertz CT molecular complexity index is 425. The van der Waals surface area contributed by atoms with Crippen molar-refractivity contribution in [2.75, 3.05) is 17.7 Å². The summed E-state index contributed by atoms with van der Waals surface area (Å²) in [5.74, 6) is -1.13. The number of benzene rings is 1. The first-order valence-corrected chi connectivity index (χ1v) is 5.71. The van der Waals surface area contributed by atoms with Crippen LogP contribution in [0.15, 0.2) is 12.1 Å². The lowest BCUT2D eigenvalue weighted by Gasteiger charge is -2.14. The Kier molecular flexibility index (Phi) is 5.07. The number of rotatable bonds is 4. The Balaban J connectivity index is 3.00. The molecule has 18 heavy (non-hydrogen) atoms. The lowest BCUT2D eigenvalue weighted by atomic mass is 10.2. The fraction of sp³-hybridized carbons (Fsp3) is 0.400. The predicted molar refractivity (Wildman–Crippen MR) is 61.6 cm³/mol. The molecule has 0 radical (unpaired) electrons. The van der Waals surface area contributed by atoms with Crippen LogP contribution < -0.4 is 5.32 Å². The molecular weight excluding hydrogens is 297 g/mol. The van der Waals surface area contributed by atoms with Crippen molar-refractivity contribution < 1.29 is 22.7 Å². The van der Waals surface area contributed by atoms with Gasteiger partial charge < -0.3 is 10.4 Å². The van der Waals surface area contributed by atoms with Crippen molar-refractivity contribution in [3.8, 4) is 0 Å². The summed E-state index contributed by atoms with van der Waals surface area (Å²) in [6, 6.07) is 1.09. The minimum atomic E-state index is -4.63. The van der Waals surface area contributed by atoms with Crippen molar-refractivity contribution in [3.05, 3.63) is 28.5 Å². The molecule has 0 saturated carbocycles. The minimum Gasteiger partial charge on any atom is -0.390 e. The average molecular weight is 306 g/mol. The summed E-state index contributed by atoms with van der Waals surface area (Å²) >= 11 is 10.7. The van der Waals surface area contributed by atoms with Gasteiger partial charge in [0.15, 0.2) is 5.82 Å². The number of anilines is 1. The molecule has 1 aromatic rings. The molecule has 0 spiro atoms. The van der Waals surface area contributed by atoms with Gasteiger partial charge >= 0.3 is 6.18 Å². The number of aliphatic hydroxyl groups is 1. The summed E-state index contributed by atoms with van der Waals surface area (Å²) in [7, 11) is 0. The van der Waals surface area contributed by atoms with Crippen LogP contribution in [0.5, 0.6) is 0 Å². The summed E-state index contributed by atoms with van der Waals surface area (Å²) < 4.78 is 50.8. The number of halogens is 6. The van der Waals surface area contributed by atoms with Crippen LogP contribution in [-0.2, 0) is 6.18 Å². The first-order chi connectivity index (χ1) is 8.25. The third kappa shape index (κ3) is 3.90. The molecule has 1 unspecified atom stereocenters. The topological polar surface area (TPSA) is 32.3 Å². The Morgan fingerprint density at radius 1 is 1.33 bits per heavy atom. The largest absolute Gasteiger partial charge is 0.416 e. The van der Waals surface area contributed by atoms with E-state index in [0.717, 1.165) is 0 Å². The number of nitrogens with one attached hydrogen (secondary N) is 1. The highest BCUT2D eigenvalue weighted by atomic mass is 35.5. The van der Waals surface area contributed by atoms with Gasteiger partial charge in [0.2, 0.25) is 0 Å². The standard InChI is InChI=1S/C10H9Cl2F4NO/c11-3-6(18)4-17-8-2-5(10(14,15)16)1-7(12)9(8)13/h1-2,6,17-18H,3-4H2. The van der Waals surface area contributed by atoms with Crippen LogP contribution in [0.2, 0.25) is 5.02 Å². The van der Waals surface area contributed by atoms with E-state index in [2.05, 4.69) is 5.32 Å². The lowest BCUT2D eigenvalue weighted by Crippen LogP contribution is -2.21. The molecule has 0 saturated heterocycles. The van der Waals surface area contributed by atoms with Gasteiger partial charge in [-0.25, -0.2) is 4.39 Å². The van der Waals surface area contributed by atoms with Crippen molar-refractivity contribution in [3.63, 3.8) is 0 Å². The zero-order valence-corrected chi connectivity index (χ0v) is 10.4. The van der Waals surface area contributed by atoms with E-state index in [0.29, 0.717) is 12.1 Å². The van der Waals surface area contributed by atoms with Gasteiger partial charge in [-0.3, -0.25) is 0 Å². The molecule has 1 atom stereocenters. The van der Waals surface area contributed by atoms with E-state index in [1.54, 1.807) is 0 Å². The summed E-state index contributed by atoms with van der Waals surface area (Å²) in [5.41, 5.74) is -1.50. The molecule has 2 N–H and O–H groups in total. The highest BCUT2D eigenvalue weighted by Crippen LogP contribution is 2.35. The summed E-state index contributed by atoms with van der Waals surface area (Å²) in [4.78, 5) is 0. The van der Waals surface area contributed by atoms with Crippen LogP contribution in [0, 0.1) is 5.82 Å². The van der Waals surface area contributed by atoms with Gasteiger partial charge in [0.05, 0.1) is 28.3 Å². The van der Waals surface area contributed by atoms with Crippen LogP contribution in [0.25, 0.3) is 0 Å². The summed E-state index contributed by atoms with van der Waals surface area (Å²) in [6.45, 7) is -0.182. The van der Waals surface area contributed by atoms with Gasteiger partial charge in [-0.05, 0) is 12.1 Å². The molecule has 1 rings (SSSR count). The number of alkyl halides is 4. The highest BCUT2D eigenvalue weighted by Gasteiger charge is 2.32. The molecule has 0 aliphatic heterocycles. The molecule has 2 nitrogen and oxygen atoms in total. The maximum atomic E-state index is 13.4. The van der Waals surface area contributed by atoms with E-state index in [1.807, 2.05) is 0 Å².